The van der Waals surface area contributed by atoms with Crippen LogP contribution in [0.25, 0.3) is 0 Å². The molecular weight excluding hydrogens is 344 g/mol. The molecule has 1 aromatic carbocycles. The maximum atomic E-state index is 13.1. The summed E-state index contributed by atoms with van der Waals surface area (Å²) in [6.45, 7) is 11.4. The molecule has 0 spiro atoms. The van der Waals surface area contributed by atoms with Gasteiger partial charge in [-0.2, -0.15) is 0 Å². The van der Waals surface area contributed by atoms with E-state index < -0.39 is 0 Å². The molecule has 0 aliphatic carbocycles. The summed E-state index contributed by atoms with van der Waals surface area (Å²) in [6.07, 6.45) is 2.25. The highest BCUT2D eigenvalue weighted by atomic mass is 16.5. The van der Waals surface area contributed by atoms with Crippen LogP contribution >= 0.6 is 0 Å². The van der Waals surface area contributed by atoms with Crippen molar-refractivity contribution in [3.8, 4) is 11.5 Å². The van der Waals surface area contributed by atoms with E-state index in [1.165, 1.54) is 6.42 Å². The third-order valence-corrected chi connectivity index (χ3v) is 5.22. The zero-order valence-corrected chi connectivity index (χ0v) is 16.6. The first-order valence-corrected chi connectivity index (χ1v) is 10.2. The fraction of sp³-hybridized carbons (Fsp3) is 0.667. The van der Waals surface area contributed by atoms with Gasteiger partial charge >= 0.3 is 0 Å². The molecule has 2 fully saturated rings. The Morgan fingerprint density at radius 1 is 1.11 bits per heavy atom. The molecule has 0 bridgehead atoms. The highest BCUT2D eigenvalue weighted by molar-refractivity contribution is 5.95. The van der Waals surface area contributed by atoms with Crippen molar-refractivity contribution < 1.29 is 19.0 Å². The van der Waals surface area contributed by atoms with Crippen LogP contribution in [0.3, 0.4) is 0 Å². The molecule has 1 unspecified atom stereocenters. The molecule has 6 heteroatoms. The molecule has 2 aliphatic rings. The maximum absolute atomic E-state index is 13.1. The zero-order chi connectivity index (χ0) is 19.1. The van der Waals surface area contributed by atoms with Gasteiger partial charge in [-0.15, -0.1) is 0 Å². The number of hydrogen-bond acceptors (Lipinski definition) is 5. The molecule has 1 aromatic rings. The van der Waals surface area contributed by atoms with Gasteiger partial charge in [0.05, 0.1) is 26.4 Å². The molecule has 2 heterocycles. The lowest BCUT2D eigenvalue weighted by Crippen LogP contribution is -2.46. The first-order chi connectivity index (χ1) is 13.2. The van der Waals surface area contributed by atoms with Gasteiger partial charge in [-0.05, 0) is 50.8 Å². The van der Waals surface area contributed by atoms with Crippen LogP contribution in [-0.4, -0.2) is 74.9 Å². The molecule has 2 saturated heterocycles. The van der Waals surface area contributed by atoms with Crippen LogP contribution in [0.5, 0.6) is 11.5 Å². The van der Waals surface area contributed by atoms with Crippen LogP contribution in [0, 0.1) is 5.92 Å². The molecule has 1 amide bonds. The summed E-state index contributed by atoms with van der Waals surface area (Å²) in [5.41, 5.74) is 0.675. The van der Waals surface area contributed by atoms with Gasteiger partial charge in [-0.1, -0.05) is 0 Å². The fourth-order valence-corrected chi connectivity index (χ4v) is 3.91. The van der Waals surface area contributed by atoms with E-state index in [0.29, 0.717) is 36.2 Å². The predicted octanol–water partition coefficient (Wildman–Crippen LogP) is 2.67. The summed E-state index contributed by atoms with van der Waals surface area (Å²) >= 11 is 0. The van der Waals surface area contributed by atoms with Crippen molar-refractivity contribution in [3.05, 3.63) is 23.8 Å². The quantitative estimate of drug-likeness (QED) is 0.732. The third-order valence-electron chi connectivity index (χ3n) is 5.22. The fourth-order valence-electron chi connectivity index (χ4n) is 3.91. The van der Waals surface area contributed by atoms with Crippen molar-refractivity contribution >= 4 is 5.91 Å². The van der Waals surface area contributed by atoms with Gasteiger partial charge < -0.3 is 19.1 Å². The number of carbonyl (C=O) groups is 1. The van der Waals surface area contributed by atoms with Gasteiger partial charge in [-0.25, -0.2) is 0 Å². The highest BCUT2D eigenvalue weighted by Crippen LogP contribution is 2.30. The predicted molar refractivity (Wildman–Crippen MR) is 105 cm³/mol. The minimum Gasteiger partial charge on any atom is -0.490 e. The number of morpholine rings is 1. The van der Waals surface area contributed by atoms with E-state index in [1.54, 1.807) is 0 Å². The molecule has 27 heavy (non-hydrogen) atoms. The number of carbonyl (C=O) groups excluding carboxylic acids is 1. The Hall–Kier alpha value is -1.79. The van der Waals surface area contributed by atoms with Crippen molar-refractivity contribution in [2.45, 2.75) is 26.7 Å². The monoisotopic (exact) mass is 376 g/mol. The van der Waals surface area contributed by atoms with E-state index in [2.05, 4.69) is 4.90 Å². The standard InChI is InChI=1S/C21H32N2O4/c1-3-26-19-8-7-18(14-20(19)27-4-2)21(24)23-9-5-6-17(16-23)15-22-10-12-25-13-11-22/h7-8,14,17H,3-6,9-13,15-16H2,1-2H3. The third kappa shape index (κ3) is 5.36. The van der Waals surface area contributed by atoms with Crippen molar-refractivity contribution in [3.63, 3.8) is 0 Å². The van der Waals surface area contributed by atoms with E-state index >= 15 is 0 Å². The van der Waals surface area contributed by atoms with E-state index in [1.807, 2.05) is 36.9 Å². The van der Waals surface area contributed by atoms with E-state index in [0.717, 1.165) is 52.4 Å². The molecule has 6 nitrogen and oxygen atoms in total. The summed E-state index contributed by atoms with van der Waals surface area (Å²) in [7, 11) is 0. The molecule has 0 saturated carbocycles. The number of rotatable bonds is 7. The molecule has 0 aromatic heterocycles. The second-order valence-electron chi connectivity index (χ2n) is 7.20. The number of piperidine rings is 1. The molecular formula is C21H32N2O4. The summed E-state index contributed by atoms with van der Waals surface area (Å²) in [5, 5.41) is 0. The van der Waals surface area contributed by atoms with E-state index in [9.17, 15) is 4.79 Å². The lowest BCUT2D eigenvalue weighted by atomic mass is 9.96. The second-order valence-corrected chi connectivity index (χ2v) is 7.20. The number of likely N-dealkylation sites (tertiary alicyclic amines) is 1. The second kappa shape index (κ2) is 9.95. The summed E-state index contributed by atoms with van der Waals surface area (Å²) in [4.78, 5) is 17.5. The van der Waals surface area contributed by atoms with Crippen LogP contribution in [0.1, 0.15) is 37.0 Å². The Kier molecular flexibility index (Phi) is 7.35. The number of hydrogen-bond donors (Lipinski definition) is 0. The SMILES string of the molecule is CCOc1ccc(C(=O)N2CCCC(CN3CCOCC3)C2)cc1OCC. The van der Waals surface area contributed by atoms with Gasteiger partial charge in [0.1, 0.15) is 0 Å². The van der Waals surface area contributed by atoms with Crippen molar-refractivity contribution in [2.75, 3.05) is 59.2 Å². The van der Waals surface area contributed by atoms with Crippen LogP contribution in [-0.2, 0) is 4.74 Å². The van der Waals surface area contributed by atoms with Gasteiger partial charge in [0, 0.05) is 38.3 Å². The van der Waals surface area contributed by atoms with E-state index in [4.69, 9.17) is 14.2 Å². The van der Waals surface area contributed by atoms with Crippen LogP contribution in [0.2, 0.25) is 0 Å². The molecule has 1 atom stereocenters. The summed E-state index contributed by atoms with van der Waals surface area (Å²) < 4.78 is 16.7. The van der Waals surface area contributed by atoms with Crippen LogP contribution in [0.4, 0.5) is 0 Å². The lowest BCUT2D eigenvalue weighted by molar-refractivity contribution is 0.0224. The van der Waals surface area contributed by atoms with Crippen LogP contribution < -0.4 is 9.47 Å². The zero-order valence-electron chi connectivity index (χ0n) is 16.6. The lowest BCUT2D eigenvalue weighted by Gasteiger charge is -2.36. The normalized spacial score (nSPS) is 21.1. The largest absolute Gasteiger partial charge is 0.490 e. The molecule has 2 aliphatic heterocycles. The first-order valence-electron chi connectivity index (χ1n) is 10.2. The number of amides is 1. The minimum absolute atomic E-state index is 0.0886. The summed E-state index contributed by atoms with van der Waals surface area (Å²) in [6, 6.07) is 5.51. The van der Waals surface area contributed by atoms with Gasteiger partial charge in [0.15, 0.2) is 11.5 Å². The van der Waals surface area contributed by atoms with E-state index in [-0.39, 0.29) is 5.91 Å². The van der Waals surface area contributed by atoms with Crippen molar-refractivity contribution in [2.24, 2.45) is 5.92 Å². The topological polar surface area (TPSA) is 51.2 Å². The summed E-state index contributed by atoms with van der Waals surface area (Å²) in [5.74, 6) is 1.97. The number of benzene rings is 1. The number of ether oxygens (including phenoxy) is 3. The molecule has 0 radical (unpaired) electrons. The molecule has 3 rings (SSSR count). The van der Waals surface area contributed by atoms with Gasteiger partial charge in [0.2, 0.25) is 0 Å². The average Bonchev–Trinajstić information content (AvgIpc) is 2.70. The molecule has 150 valence electrons. The average molecular weight is 376 g/mol. The van der Waals surface area contributed by atoms with Crippen LogP contribution in [0.15, 0.2) is 18.2 Å². The Morgan fingerprint density at radius 2 is 1.85 bits per heavy atom. The first kappa shape index (κ1) is 20.0. The van der Waals surface area contributed by atoms with Crippen molar-refractivity contribution in [1.82, 2.24) is 9.80 Å². The Morgan fingerprint density at radius 3 is 2.59 bits per heavy atom. The highest BCUT2D eigenvalue weighted by Gasteiger charge is 2.27. The van der Waals surface area contributed by atoms with Gasteiger partial charge in [-0.3, -0.25) is 9.69 Å². The van der Waals surface area contributed by atoms with Gasteiger partial charge in [0.25, 0.3) is 5.91 Å². The Labute approximate surface area is 162 Å². The smallest absolute Gasteiger partial charge is 0.254 e. The molecule has 0 N–H and O–H groups in total. The maximum Gasteiger partial charge on any atom is 0.254 e. The Bertz CT molecular complexity index is 616. The Balaban J connectivity index is 1.64. The minimum atomic E-state index is 0.0886. The number of nitrogens with zero attached hydrogens (tertiary/aromatic N) is 2. The van der Waals surface area contributed by atoms with Crippen molar-refractivity contribution in [1.29, 1.82) is 0 Å².